The van der Waals surface area contributed by atoms with Crippen LogP contribution in [-0.2, 0) is 0 Å². The second-order valence-corrected chi connectivity index (χ2v) is 6.92. The summed E-state index contributed by atoms with van der Waals surface area (Å²) in [5, 5.41) is 13.6. The lowest BCUT2D eigenvalue weighted by molar-refractivity contribution is 0.0971. The minimum Gasteiger partial charge on any atom is -0.494 e. The molecule has 146 valence electrons. The molecule has 0 bridgehead atoms. The highest BCUT2D eigenvalue weighted by atomic mass is 35.5. The van der Waals surface area contributed by atoms with Gasteiger partial charge >= 0.3 is 0 Å². The second-order valence-electron chi connectivity index (χ2n) is 6.54. The van der Waals surface area contributed by atoms with Gasteiger partial charge in [-0.15, -0.1) is 11.6 Å². The van der Waals surface area contributed by atoms with Crippen LogP contribution in [0.1, 0.15) is 48.2 Å². The highest BCUT2D eigenvalue weighted by Crippen LogP contribution is 2.17. The normalized spacial score (nSPS) is 13.1. The van der Waals surface area contributed by atoms with Crippen molar-refractivity contribution in [3.05, 3.63) is 65.7 Å². The van der Waals surface area contributed by atoms with Gasteiger partial charge in [0, 0.05) is 30.5 Å². The molecule has 0 spiro atoms. The molecule has 5 heteroatoms. The van der Waals surface area contributed by atoms with Gasteiger partial charge in [-0.25, -0.2) is 0 Å². The standard InChI is InChI=1S/C22H28ClNO3/c1-17(22(26)18-8-3-2-4-9-18)24-14-12-21(25)19-10-7-11-20(16-19)27-15-6-5-13-23/h2-4,7-11,16-17,22,24,26H,5-6,12-15H2,1H3. The molecule has 0 amide bonds. The number of carbonyl (C=O) groups is 1. The van der Waals surface area contributed by atoms with Crippen LogP contribution in [0.15, 0.2) is 54.6 Å². The van der Waals surface area contributed by atoms with Crippen LogP contribution >= 0.6 is 11.6 Å². The van der Waals surface area contributed by atoms with Gasteiger partial charge in [-0.2, -0.15) is 0 Å². The zero-order valence-electron chi connectivity index (χ0n) is 15.7. The topological polar surface area (TPSA) is 58.6 Å². The van der Waals surface area contributed by atoms with Gasteiger partial charge in [0.25, 0.3) is 0 Å². The maximum atomic E-state index is 12.4. The molecule has 2 aromatic rings. The zero-order chi connectivity index (χ0) is 19.5. The molecule has 0 saturated carbocycles. The van der Waals surface area contributed by atoms with Crippen LogP contribution in [0.5, 0.6) is 5.75 Å². The summed E-state index contributed by atoms with van der Waals surface area (Å²) in [6.45, 7) is 3.02. The van der Waals surface area contributed by atoms with E-state index in [2.05, 4.69) is 5.32 Å². The van der Waals surface area contributed by atoms with Gasteiger partial charge in [-0.05, 0) is 37.5 Å². The van der Waals surface area contributed by atoms with Gasteiger partial charge in [-0.3, -0.25) is 4.79 Å². The van der Waals surface area contributed by atoms with E-state index in [0.717, 1.165) is 18.4 Å². The average Bonchev–Trinajstić information content (AvgIpc) is 2.71. The van der Waals surface area contributed by atoms with E-state index in [0.29, 0.717) is 36.8 Å². The molecule has 27 heavy (non-hydrogen) atoms. The van der Waals surface area contributed by atoms with Crippen LogP contribution in [0.4, 0.5) is 0 Å². The summed E-state index contributed by atoms with van der Waals surface area (Å²) in [7, 11) is 0. The summed E-state index contributed by atoms with van der Waals surface area (Å²) in [5.41, 5.74) is 1.51. The summed E-state index contributed by atoms with van der Waals surface area (Å²) < 4.78 is 5.66. The Hall–Kier alpha value is -1.88. The Balaban J connectivity index is 1.78. The quantitative estimate of drug-likeness (QED) is 0.321. The Bertz CT molecular complexity index is 693. The number of halogens is 1. The first-order valence-electron chi connectivity index (χ1n) is 9.40. The molecule has 0 aliphatic rings. The number of hydrogen-bond donors (Lipinski definition) is 2. The van der Waals surface area contributed by atoms with Crippen LogP contribution < -0.4 is 10.1 Å². The number of benzene rings is 2. The average molecular weight is 390 g/mol. The number of carbonyl (C=O) groups excluding carboxylic acids is 1. The number of aliphatic hydroxyl groups excluding tert-OH is 1. The van der Waals surface area contributed by atoms with Crippen molar-refractivity contribution in [3.8, 4) is 5.75 Å². The van der Waals surface area contributed by atoms with Crippen molar-refractivity contribution in [3.63, 3.8) is 0 Å². The molecule has 0 saturated heterocycles. The molecule has 0 aliphatic heterocycles. The van der Waals surface area contributed by atoms with Gasteiger partial charge in [-0.1, -0.05) is 42.5 Å². The number of hydrogen-bond acceptors (Lipinski definition) is 4. The molecular formula is C22H28ClNO3. The second kappa shape index (κ2) is 11.8. The number of ether oxygens (including phenoxy) is 1. The van der Waals surface area contributed by atoms with Gasteiger partial charge < -0.3 is 15.2 Å². The minimum atomic E-state index is -0.606. The van der Waals surface area contributed by atoms with Crippen molar-refractivity contribution >= 4 is 17.4 Å². The van der Waals surface area contributed by atoms with Crippen LogP contribution in [-0.4, -0.2) is 36.0 Å². The van der Waals surface area contributed by atoms with E-state index in [-0.39, 0.29) is 11.8 Å². The van der Waals surface area contributed by atoms with E-state index in [1.807, 2.05) is 49.4 Å². The lowest BCUT2D eigenvalue weighted by Gasteiger charge is -2.20. The number of unbranched alkanes of at least 4 members (excludes halogenated alkanes) is 1. The molecule has 2 aromatic carbocycles. The minimum absolute atomic E-state index is 0.0510. The van der Waals surface area contributed by atoms with Gasteiger partial charge in [0.05, 0.1) is 12.7 Å². The van der Waals surface area contributed by atoms with E-state index in [1.54, 1.807) is 12.1 Å². The molecule has 0 fully saturated rings. The fourth-order valence-electron chi connectivity index (χ4n) is 2.75. The fraction of sp³-hybridized carbons (Fsp3) is 0.409. The Kier molecular flexibility index (Phi) is 9.32. The summed E-state index contributed by atoms with van der Waals surface area (Å²) >= 11 is 5.65. The first-order chi connectivity index (χ1) is 13.1. The third kappa shape index (κ3) is 7.33. The van der Waals surface area contributed by atoms with Crippen LogP contribution in [0.3, 0.4) is 0 Å². The van der Waals surface area contributed by atoms with E-state index in [1.165, 1.54) is 0 Å². The smallest absolute Gasteiger partial charge is 0.164 e. The van der Waals surface area contributed by atoms with Gasteiger partial charge in [0.15, 0.2) is 5.78 Å². The van der Waals surface area contributed by atoms with Crippen molar-refractivity contribution in [2.24, 2.45) is 0 Å². The molecule has 2 unspecified atom stereocenters. The first kappa shape index (κ1) is 21.4. The van der Waals surface area contributed by atoms with Gasteiger partial charge in [0.1, 0.15) is 5.75 Å². The summed E-state index contributed by atoms with van der Waals surface area (Å²) in [4.78, 5) is 12.4. The number of nitrogens with one attached hydrogen (secondary N) is 1. The van der Waals surface area contributed by atoms with Crippen LogP contribution in [0.25, 0.3) is 0 Å². The zero-order valence-corrected chi connectivity index (χ0v) is 16.5. The lowest BCUT2D eigenvalue weighted by atomic mass is 10.0. The maximum absolute atomic E-state index is 12.4. The largest absolute Gasteiger partial charge is 0.494 e. The number of alkyl halides is 1. The molecule has 2 rings (SSSR count). The third-order valence-electron chi connectivity index (χ3n) is 4.39. The predicted molar refractivity (Wildman–Crippen MR) is 110 cm³/mol. The van der Waals surface area contributed by atoms with E-state index < -0.39 is 6.10 Å². The summed E-state index contributed by atoms with van der Waals surface area (Å²) in [5.74, 6) is 1.39. The molecule has 4 nitrogen and oxygen atoms in total. The predicted octanol–water partition coefficient (Wildman–Crippen LogP) is 4.37. The number of Topliss-reactive ketones (excluding diaryl/α,β-unsaturated/α-hetero) is 1. The fourth-order valence-corrected chi connectivity index (χ4v) is 2.94. The molecular weight excluding hydrogens is 362 g/mol. The maximum Gasteiger partial charge on any atom is 0.164 e. The Labute approximate surface area is 166 Å². The Morgan fingerprint density at radius 1 is 1.15 bits per heavy atom. The number of ketones is 1. The molecule has 0 radical (unpaired) electrons. The number of rotatable bonds is 12. The van der Waals surface area contributed by atoms with Crippen molar-refractivity contribution in [2.75, 3.05) is 19.0 Å². The Morgan fingerprint density at radius 3 is 2.67 bits per heavy atom. The Morgan fingerprint density at radius 2 is 1.93 bits per heavy atom. The van der Waals surface area contributed by atoms with Crippen molar-refractivity contribution in [1.82, 2.24) is 5.32 Å². The monoisotopic (exact) mass is 389 g/mol. The first-order valence-corrected chi connectivity index (χ1v) is 9.93. The van der Waals surface area contributed by atoms with E-state index in [4.69, 9.17) is 16.3 Å². The van der Waals surface area contributed by atoms with Crippen molar-refractivity contribution in [1.29, 1.82) is 0 Å². The highest BCUT2D eigenvalue weighted by Gasteiger charge is 2.16. The van der Waals surface area contributed by atoms with Crippen LogP contribution in [0.2, 0.25) is 0 Å². The summed E-state index contributed by atoms with van der Waals surface area (Å²) in [6, 6.07) is 16.6. The van der Waals surface area contributed by atoms with Gasteiger partial charge in [0.2, 0.25) is 0 Å². The third-order valence-corrected chi connectivity index (χ3v) is 4.65. The van der Waals surface area contributed by atoms with Crippen molar-refractivity contribution in [2.45, 2.75) is 38.3 Å². The van der Waals surface area contributed by atoms with Crippen molar-refractivity contribution < 1.29 is 14.6 Å². The SMILES string of the molecule is CC(NCCC(=O)c1cccc(OCCCCCl)c1)C(O)c1ccccc1. The summed E-state index contributed by atoms with van der Waals surface area (Å²) in [6.07, 6.45) is 1.57. The lowest BCUT2D eigenvalue weighted by Crippen LogP contribution is -2.33. The highest BCUT2D eigenvalue weighted by molar-refractivity contribution is 6.17. The van der Waals surface area contributed by atoms with E-state index >= 15 is 0 Å². The molecule has 0 aliphatic carbocycles. The molecule has 2 atom stereocenters. The van der Waals surface area contributed by atoms with Crippen LogP contribution in [0, 0.1) is 0 Å². The molecule has 0 aromatic heterocycles. The molecule has 2 N–H and O–H groups in total. The number of aliphatic hydroxyl groups is 1. The van der Waals surface area contributed by atoms with E-state index in [9.17, 15) is 9.90 Å². The molecule has 0 heterocycles.